The lowest BCUT2D eigenvalue weighted by Crippen LogP contribution is -2.42. The maximum Gasteiger partial charge on any atom is 0.191 e. The van der Waals surface area contributed by atoms with Gasteiger partial charge in [-0.15, -0.1) is 24.0 Å². The van der Waals surface area contributed by atoms with Crippen LogP contribution in [0.15, 0.2) is 47.6 Å². The summed E-state index contributed by atoms with van der Waals surface area (Å²) in [7, 11) is 1.65. The van der Waals surface area contributed by atoms with Crippen LogP contribution in [0.25, 0.3) is 0 Å². The lowest BCUT2D eigenvalue weighted by molar-refractivity contribution is 0.122. The van der Waals surface area contributed by atoms with Gasteiger partial charge in [-0.05, 0) is 32.0 Å². The number of morpholine rings is 1. The van der Waals surface area contributed by atoms with Gasteiger partial charge in [-0.3, -0.25) is 0 Å². The molecular formula is C23H34IN5O3. The molecule has 2 aromatic rings. The first-order valence-electron chi connectivity index (χ1n) is 10.8. The zero-order chi connectivity index (χ0) is 21.9. The molecule has 0 aliphatic carbocycles. The number of guanidine groups is 1. The Kier molecular flexibility index (Phi) is 11.4. The molecule has 1 atom stereocenters. The lowest BCUT2D eigenvalue weighted by Gasteiger charge is -2.29. The number of anilines is 1. The summed E-state index contributed by atoms with van der Waals surface area (Å²) in [5.41, 5.74) is 1.10. The van der Waals surface area contributed by atoms with Gasteiger partial charge in [-0.1, -0.05) is 12.1 Å². The van der Waals surface area contributed by atoms with Gasteiger partial charge in [0, 0.05) is 37.5 Å². The Morgan fingerprint density at radius 1 is 1.19 bits per heavy atom. The molecule has 8 nitrogen and oxygen atoms in total. The van der Waals surface area contributed by atoms with Crippen molar-refractivity contribution >= 4 is 35.8 Å². The van der Waals surface area contributed by atoms with Crippen molar-refractivity contribution in [2.24, 2.45) is 4.99 Å². The quantitative estimate of drug-likeness (QED) is 0.280. The van der Waals surface area contributed by atoms with Crippen LogP contribution in [0.1, 0.15) is 19.4 Å². The molecule has 1 aromatic carbocycles. The third-order valence-corrected chi connectivity index (χ3v) is 4.87. The number of nitrogens with zero attached hydrogens (tertiary/aromatic N) is 3. The number of rotatable bonds is 9. The summed E-state index contributed by atoms with van der Waals surface area (Å²) in [6, 6.07) is 11.7. The van der Waals surface area contributed by atoms with E-state index in [1.807, 2.05) is 43.5 Å². The molecule has 32 heavy (non-hydrogen) atoms. The molecule has 0 bridgehead atoms. The number of aromatic nitrogens is 1. The molecule has 1 saturated heterocycles. The number of methoxy groups -OCH3 is 1. The third-order valence-electron chi connectivity index (χ3n) is 4.87. The zero-order valence-electron chi connectivity index (χ0n) is 19.0. The Hall–Kier alpha value is -2.27. The molecule has 0 radical (unpaired) electrons. The van der Waals surface area contributed by atoms with Crippen molar-refractivity contribution in [3.05, 3.63) is 48.2 Å². The minimum atomic E-state index is -0.0433. The first-order chi connectivity index (χ1) is 15.2. The number of aliphatic imine (C=N–C) groups is 1. The molecule has 3 rings (SSSR count). The Labute approximate surface area is 207 Å². The fraction of sp³-hybridized carbons (Fsp3) is 0.478. The number of benzene rings is 1. The van der Waals surface area contributed by atoms with E-state index in [1.165, 1.54) is 0 Å². The minimum Gasteiger partial charge on any atom is -0.497 e. The molecule has 1 aliphatic heterocycles. The molecule has 0 spiro atoms. The first kappa shape index (κ1) is 26.0. The van der Waals surface area contributed by atoms with E-state index < -0.39 is 0 Å². The summed E-state index contributed by atoms with van der Waals surface area (Å²) in [5.74, 6) is 3.29. The molecule has 1 aliphatic rings. The number of pyridine rings is 1. The molecule has 0 saturated carbocycles. The molecule has 2 N–H and O–H groups in total. The molecule has 0 amide bonds. The van der Waals surface area contributed by atoms with Crippen molar-refractivity contribution in [3.8, 4) is 11.5 Å². The van der Waals surface area contributed by atoms with Crippen LogP contribution in [0.5, 0.6) is 11.5 Å². The van der Waals surface area contributed by atoms with E-state index in [0.717, 1.165) is 61.7 Å². The Morgan fingerprint density at radius 2 is 1.97 bits per heavy atom. The van der Waals surface area contributed by atoms with Gasteiger partial charge in [-0.25, -0.2) is 9.98 Å². The molecule has 1 aromatic heterocycles. The van der Waals surface area contributed by atoms with Gasteiger partial charge in [0.25, 0.3) is 0 Å². The molecule has 176 valence electrons. The Balaban J connectivity index is 0.00000363. The van der Waals surface area contributed by atoms with Crippen LogP contribution < -0.4 is 25.0 Å². The highest BCUT2D eigenvalue weighted by Gasteiger charge is 2.15. The summed E-state index contributed by atoms with van der Waals surface area (Å²) < 4.78 is 16.7. The van der Waals surface area contributed by atoms with E-state index in [9.17, 15) is 0 Å². The second-order valence-electron chi connectivity index (χ2n) is 7.27. The molecule has 9 heteroatoms. The van der Waals surface area contributed by atoms with Crippen molar-refractivity contribution in [2.75, 3.05) is 51.4 Å². The van der Waals surface area contributed by atoms with Crippen LogP contribution in [0.3, 0.4) is 0 Å². The van der Waals surface area contributed by atoms with Crippen molar-refractivity contribution < 1.29 is 14.2 Å². The number of hydrogen-bond donors (Lipinski definition) is 2. The largest absolute Gasteiger partial charge is 0.497 e. The highest BCUT2D eigenvalue weighted by Crippen LogP contribution is 2.20. The second kappa shape index (κ2) is 14.0. The topological polar surface area (TPSA) is 80.2 Å². The average molecular weight is 555 g/mol. The molecule has 2 heterocycles. The fourth-order valence-electron chi connectivity index (χ4n) is 3.31. The van der Waals surface area contributed by atoms with Gasteiger partial charge in [0.1, 0.15) is 23.4 Å². The van der Waals surface area contributed by atoms with Crippen molar-refractivity contribution in [1.29, 1.82) is 0 Å². The second-order valence-corrected chi connectivity index (χ2v) is 7.27. The van der Waals surface area contributed by atoms with Crippen molar-refractivity contribution in [2.45, 2.75) is 26.5 Å². The SMILES string of the molecule is CCNC(=NCc1cccnc1N1CCOCC1)NCC(C)Oc1cccc(OC)c1.I. The highest BCUT2D eigenvalue weighted by molar-refractivity contribution is 14.0. The number of ether oxygens (including phenoxy) is 3. The maximum absolute atomic E-state index is 5.99. The van der Waals surface area contributed by atoms with E-state index in [4.69, 9.17) is 19.2 Å². The summed E-state index contributed by atoms with van der Waals surface area (Å²) in [6.07, 6.45) is 1.79. The van der Waals surface area contributed by atoms with Crippen LogP contribution in [0, 0.1) is 0 Å². The van der Waals surface area contributed by atoms with E-state index in [0.29, 0.717) is 13.1 Å². The van der Waals surface area contributed by atoms with Gasteiger partial charge >= 0.3 is 0 Å². The van der Waals surface area contributed by atoms with Gasteiger partial charge in [0.05, 0.1) is 33.4 Å². The van der Waals surface area contributed by atoms with Crippen LogP contribution in [-0.4, -0.2) is 63.6 Å². The molecule has 1 unspecified atom stereocenters. The van der Waals surface area contributed by atoms with E-state index in [-0.39, 0.29) is 30.1 Å². The average Bonchev–Trinajstić information content (AvgIpc) is 2.81. The van der Waals surface area contributed by atoms with Crippen LogP contribution >= 0.6 is 24.0 Å². The highest BCUT2D eigenvalue weighted by atomic mass is 127. The number of halogens is 1. The summed E-state index contributed by atoms with van der Waals surface area (Å²) in [5, 5.41) is 6.67. The summed E-state index contributed by atoms with van der Waals surface area (Å²) >= 11 is 0. The summed E-state index contributed by atoms with van der Waals surface area (Å²) in [4.78, 5) is 11.6. The van der Waals surface area contributed by atoms with E-state index in [1.54, 1.807) is 7.11 Å². The van der Waals surface area contributed by atoms with Crippen molar-refractivity contribution in [1.82, 2.24) is 15.6 Å². The number of nitrogens with one attached hydrogen (secondary N) is 2. The van der Waals surface area contributed by atoms with Crippen LogP contribution in [0.2, 0.25) is 0 Å². The minimum absolute atomic E-state index is 0. The third kappa shape index (κ3) is 8.01. The fourth-order valence-corrected chi connectivity index (χ4v) is 3.31. The molecular weight excluding hydrogens is 521 g/mol. The normalized spacial score (nSPS) is 14.8. The first-order valence-corrected chi connectivity index (χ1v) is 10.8. The van der Waals surface area contributed by atoms with Gasteiger partial charge in [0.15, 0.2) is 5.96 Å². The smallest absolute Gasteiger partial charge is 0.191 e. The Morgan fingerprint density at radius 3 is 2.72 bits per heavy atom. The van der Waals surface area contributed by atoms with Gasteiger partial charge in [0.2, 0.25) is 0 Å². The Bertz CT molecular complexity index is 846. The molecule has 1 fully saturated rings. The predicted octanol–water partition coefficient (Wildman–Crippen LogP) is 3.07. The maximum atomic E-state index is 5.99. The predicted molar refractivity (Wildman–Crippen MR) is 139 cm³/mol. The monoisotopic (exact) mass is 555 g/mol. The lowest BCUT2D eigenvalue weighted by atomic mass is 10.2. The van der Waals surface area contributed by atoms with Gasteiger partial charge < -0.3 is 29.7 Å². The zero-order valence-corrected chi connectivity index (χ0v) is 21.4. The van der Waals surface area contributed by atoms with E-state index >= 15 is 0 Å². The van der Waals surface area contributed by atoms with Crippen molar-refractivity contribution in [3.63, 3.8) is 0 Å². The summed E-state index contributed by atoms with van der Waals surface area (Å²) in [6.45, 7) is 9.18. The standard InChI is InChI=1S/C23H33N5O3.HI/c1-4-24-23(26-16-18(2)31-21-9-5-8-20(15-21)29-3)27-17-19-7-6-10-25-22(19)28-11-13-30-14-12-28;/h5-10,15,18H,4,11-14,16-17H2,1-3H3,(H2,24,26,27);1H. The number of hydrogen-bond acceptors (Lipinski definition) is 6. The van der Waals surface area contributed by atoms with Crippen LogP contribution in [0.4, 0.5) is 5.82 Å². The van der Waals surface area contributed by atoms with Gasteiger partial charge in [-0.2, -0.15) is 0 Å². The van der Waals surface area contributed by atoms with Crippen LogP contribution in [-0.2, 0) is 11.3 Å². The van der Waals surface area contributed by atoms with E-state index in [2.05, 4.69) is 33.5 Å².